The number of fused-ring (bicyclic) bond motifs is 2. The van der Waals surface area contributed by atoms with Gasteiger partial charge in [0.2, 0.25) is 11.8 Å². The van der Waals surface area contributed by atoms with Crippen LogP contribution < -0.4 is 0 Å². The molecule has 2 fully saturated rings. The van der Waals surface area contributed by atoms with Crippen molar-refractivity contribution >= 4 is 46.1 Å². The summed E-state index contributed by atoms with van der Waals surface area (Å²) in [6.45, 7) is 8.96. The van der Waals surface area contributed by atoms with Gasteiger partial charge in [-0.2, -0.15) is 0 Å². The topological polar surface area (TPSA) is 157 Å². The zero-order valence-electron chi connectivity index (χ0n) is 32.7. The Morgan fingerprint density at radius 1 is 0.704 bits per heavy atom. The molecule has 290 valence electrons. The largest absolute Gasteiger partial charge is 0.453 e. The molecule has 2 saturated heterocycles. The monoisotopic (exact) mass is 742 g/mol. The van der Waals surface area contributed by atoms with Crippen molar-refractivity contribution in [3.8, 4) is 0 Å². The number of H-pyrrole nitrogens is 2. The van der Waals surface area contributed by atoms with Gasteiger partial charge in [0.25, 0.3) is 0 Å². The lowest BCUT2D eigenvalue weighted by atomic mass is 10.0. The predicted molar refractivity (Wildman–Crippen MR) is 205 cm³/mol. The molecule has 2 N–H and O–H groups in total. The van der Waals surface area contributed by atoms with Gasteiger partial charge in [-0.25, -0.2) is 19.6 Å². The van der Waals surface area contributed by atoms with Crippen molar-refractivity contribution in [3.05, 3.63) is 59.2 Å². The van der Waals surface area contributed by atoms with Gasteiger partial charge in [0.05, 0.1) is 48.4 Å². The molecular weight excluding hydrogens is 688 g/mol. The van der Waals surface area contributed by atoms with Gasteiger partial charge in [-0.3, -0.25) is 19.4 Å². The first-order valence-electron chi connectivity index (χ1n) is 19.0. The van der Waals surface area contributed by atoms with Crippen LogP contribution in [0, 0.1) is 11.8 Å². The van der Waals surface area contributed by atoms with Gasteiger partial charge in [-0.05, 0) is 85.8 Å². The fraction of sp³-hybridized carbons (Fsp3) is 0.550. The van der Waals surface area contributed by atoms with Crippen LogP contribution in [-0.4, -0.2) is 117 Å². The van der Waals surface area contributed by atoms with E-state index in [4.69, 9.17) is 19.4 Å². The van der Waals surface area contributed by atoms with Gasteiger partial charge >= 0.3 is 12.2 Å². The molecule has 14 nitrogen and oxygen atoms in total. The maximum absolute atomic E-state index is 13.8. The number of likely N-dealkylation sites (N-methyl/N-ethyl adjacent to an activating group) is 2. The highest BCUT2D eigenvalue weighted by atomic mass is 16.5. The Morgan fingerprint density at radius 2 is 1.17 bits per heavy atom. The second kappa shape index (κ2) is 16.1. The van der Waals surface area contributed by atoms with Crippen molar-refractivity contribution in [2.24, 2.45) is 11.8 Å². The second-order valence-electron chi connectivity index (χ2n) is 15.4. The molecule has 54 heavy (non-hydrogen) atoms. The van der Waals surface area contributed by atoms with E-state index >= 15 is 0 Å². The molecule has 2 aromatic carbocycles. The zero-order valence-corrected chi connectivity index (χ0v) is 32.7. The Bertz CT molecular complexity index is 1860. The van der Waals surface area contributed by atoms with Crippen LogP contribution in [0.5, 0.6) is 0 Å². The first-order chi connectivity index (χ1) is 25.8. The first-order valence-corrected chi connectivity index (χ1v) is 19.0. The Balaban J connectivity index is 1.14. The highest BCUT2D eigenvalue weighted by molar-refractivity contribution is 5.87. The molecule has 14 heteroatoms. The molecule has 0 aliphatic carbocycles. The molecule has 2 aromatic heterocycles. The maximum atomic E-state index is 13.8. The van der Waals surface area contributed by atoms with Crippen molar-refractivity contribution in [1.29, 1.82) is 0 Å². The molecular formula is C40H54N8O6. The van der Waals surface area contributed by atoms with Gasteiger partial charge in [-0.15, -0.1) is 0 Å². The first kappa shape index (κ1) is 38.6. The average Bonchev–Trinajstić information content (AvgIpc) is 3.97. The van der Waals surface area contributed by atoms with Crippen LogP contribution >= 0.6 is 0 Å². The van der Waals surface area contributed by atoms with Gasteiger partial charge in [0.15, 0.2) is 0 Å². The van der Waals surface area contributed by atoms with Crippen molar-refractivity contribution in [1.82, 2.24) is 39.5 Å². The molecule has 6 rings (SSSR count). The summed E-state index contributed by atoms with van der Waals surface area (Å²) in [5.41, 5.74) is 5.87. The van der Waals surface area contributed by atoms with E-state index in [2.05, 4.69) is 40.3 Å². The second-order valence-corrected chi connectivity index (χ2v) is 15.4. The van der Waals surface area contributed by atoms with Crippen LogP contribution in [0.25, 0.3) is 22.1 Å². The number of aryl methyl sites for hydroxylation is 2. The van der Waals surface area contributed by atoms with Crippen LogP contribution in [-0.2, 0) is 31.9 Å². The molecule has 0 spiro atoms. The molecule has 0 unspecified atom stereocenters. The van der Waals surface area contributed by atoms with Gasteiger partial charge in [-0.1, -0.05) is 39.8 Å². The summed E-state index contributed by atoms with van der Waals surface area (Å²) in [5, 5.41) is 0. The predicted octanol–water partition coefficient (Wildman–Crippen LogP) is 6.00. The van der Waals surface area contributed by atoms with Crippen LogP contribution in [0.3, 0.4) is 0 Å². The third-order valence-corrected chi connectivity index (χ3v) is 11.1. The minimum atomic E-state index is -0.632. The van der Waals surface area contributed by atoms with E-state index in [1.165, 1.54) is 24.0 Å². The number of methoxy groups -OCH3 is 2. The standard InChI is InChI=1S/C40H54N8O6/c1-23(2)33(45(5)39(51)53-7)37(49)47-19-9-11-31(47)35-41-27-17-15-25(21-29(27)43-35)13-14-26-16-18-28-30(22-26)44-36(42-28)32-12-10-20-48(32)38(50)34(24(3)4)46(6)40(52)54-8/h15-18,21-24,31-34H,9-14,19-20H2,1-8H3,(H,41,43)(H,42,44)/t31-,32-,33-,34-/m0/s1. The lowest BCUT2D eigenvalue weighted by Crippen LogP contribution is -2.51. The number of hydrogen-bond acceptors (Lipinski definition) is 8. The van der Waals surface area contributed by atoms with E-state index in [9.17, 15) is 19.2 Å². The lowest BCUT2D eigenvalue weighted by molar-refractivity contribution is -0.139. The number of amides is 4. The van der Waals surface area contributed by atoms with Gasteiger partial charge in [0.1, 0.15) is 23.7 Å². The number of likely N-dealkylation sites (tertiary alicyclic amines) is 2. The summed E-state index contributed by atoms with van der Waals surface area (Å²) in [6.07, 6.45) is 3.86. The smallest absolute Gasteiger partial charge is 0.409 e. The molecule has 4 aromatic rings. The van der Waals surface area contributed by atoms with Crippen LogP contribution in [0.2, 0.25) is 0 Å². The number of ether oxygens (including phenoxy) is 2. The highest BCUT2D eigenvalue weighted by Crippen LogP contribution is 2.35. The molecule has 2 aliphatic heterocycles. The minimum absolute atomic E-state index is 0.0870. The van der Waals surface area contributed by atoms with Crippen LogP contribution in [0.4, 0.5) is 9.59 Å². The summed E-state index contributed by atoms with van der Waals surface area (Å²) in [7, 11) is 5.87. The van der Waals surface area contributed by atoms with E-state index in [1.54, 1.807) is 14.1 Å². The minimum Gasteiger partial charge on any atom is -0.453 e. The summed E-state index contributed by atoms with van der Waals surface area (Å²) in [5.74, 6) is 1.15. The fourth-order valence-corrected chi connectivity index (χ4v) is 8.34. The zero-order chi connectivity index (χ0) is 38.8. The average molecular weight is 743 g/mol. The number of carbonyl (C=O) groups is 4. The highest BCUT2D eigenvalue weighted by Gasteiger charge is 2.41. The van der Waals surface area contributed by atoms with E-state index in [1.807, 2.05) is 43.6 Å². The molecule has 0 radical (unpaired) electrons. The van der Waals surface area contributed by atoms with Crippen molar-refractivity contribution in [3.63, 3.8) is 0 Å². The molecule has 4 amide bonds. The Morgan fingerprint density at radius 3 is 1.67 bits per heavy atom. The number of hydrogen-bond donors (Lipinski definition) is 2. The summed E-state index contributed by atoms with van der Waals surface area (Å²) in [4.78, 5) is 75.6. The molecule has 4 heterocycles. The van der Waals surface area contributed by atoms with E-state index in [-0.39, 0.29) is 35.7 Å². The molecule has 4 atom stereocenters. The summed E-state index contributed by atoms with van der Waals surface area (Å²) < 4.78 is 9.82. The summed E-state index contributed by atoms with van der Waals surface area (Å²) in [6, 6.07) is 10.9. The van der Waals surface area contributed by atoms with Crippen LogP contribution in [0.1, 0.15) is 88.2 Å². The van der Waals surface area contributed by atoms with Crippen molar-refractivity contribution in [2.45, 2.75) is 90.4 Å². The summed E-state index contributed by atoms with van der Waals surface area (Å²) >= 11 is 0. The molecule has 0 saturated carbocycles. The van der Waals surface area contributed by atoms with Crippen LogP contribution in [0.15, 0.2) is 36.4 Å². The fourth-order valence-electron chi connectivity index (χ4n) is 8.34. The number of carbonyl (C=O) groups excluding carboxylic acids is 4. The maximum Gasteiger partial charge on any atom is 0.409 e. The van der Waals surface area contributed by atoms with Crippen molar-refractivity contribution in [2.75, 3.05) is 41.4 Å². The number of imidazole rings is 2. The van der Waals surface area contributed by atoms with E-state index in [0.29, 0.717) is 13.1 Å². The Labute approximate surface area is 316 Å². The number of aromatic amines is 2. The number of aromatic nitrogens is 4. The number of rotatable bonds is 11. The number of nitrogens with one attached hydrogen (secondary N) is 2. The van der Waals surface area contributed by atoms with E-state index in [0.717, 1.165) is 83.4 Å². The molecule has 2 aliphatic rings. The third kappa shape index (κ3) is 7.60. The van der Waals surface area contributed by atoms with Gasteiger partial charge in [0, 0.05) is 27.2 Å². The number of nitrogens with zero attached hydrogens (tertiary/aromatic N) is 6. The normalized spacial score (nSPS) is 18.5. The number of benzene rings is 2. The van der Waals surface area contributed by atoms with Crippen molar-refractivity contribution < 1.29 is 28.7 Å². The molecule has 0 bridgehead atoms. The van der Waals surface area contributed by atoms with Gasteiger partial charge < -0.3 is 29.2 Å². The van der Waals surface area contributed by atoms with E-state index < -0.39 is 24.3 Å². The quantitative estimate of drug-likeness (QED) is 0.190. The Hall–Kier alpha value is -5.14. The lowest BCUT2D eigenvalue weighted by Gasteiger charge is -2.34. The Kier molecular flexibility index (Phi) is 11.5. The third-order valence-electron chi connectivity index (χ3n) is 11.1. The SMILES string of the molecule is COC(=O)N(C)[C@H](C(=O)N1CCC[C@H]1c1nc2cc(CCc3ccc4nc([C@@H]5CCCN5C(=O)[C@H](C(C)C)N(C)C(=O)OC)[nH]c4c3)ccc2[nH]1)C(C)C.